The van der Waals surface area contributed by atoms with Crippen LogP contribution < -0.4 is 9.47 Å². The number of thioether (sulfide) groups is 1. The van der Waals surface area contributed by atoms with Gasteiger partial charge in [-0.1, -0.05) is 36.1 Å². The predicted octanol–water partition coefficient (Wildman–Crippen LogP) is 3.80. The van der Waals surface area contributed by atoms with Crippen molar-refractivity contribution in [3.8, 4) is 11.5 Å². The smallest absolute Gasteiger partial charge is 0.266 e. The third-order valence-electron chi connectivity index (χ3n) is 4.40. The molecule has 0 atom stereocenters. The van der Waals surface area contributed by atoms with Crippen molar-refractivity contribution < 1.29 is 14.3 Å². The van der Waals surface area contributed by atoms with E-state index < -0.39 is 0 Å². The molecule has 0 aliphatic carbocycles. The highest BCUT2D eigenvalue weighted by atomic mass is 32.2. The molecule has 3 heterocycles. The summed E-state index contributed by atoms with van der Waals surface area (Å²) in [5.41, 5.74) is 0.968. The van der Waals surface area contributed by atoms with Gasteiger partial charge in [0.2, 0.25) is 6.79 Å². The number of rotatable bonds is 7. The number of nitrogens with zero attached hydrogens (tertiary/aromatic N) is 2. The Labute approximate surface area is 166 Å². The molecule has 1 saturated heterocycles. The molecule has 2 aliphatic heterocycles. The molecule has 8 heteroatoms. The standard InChI is InChI=1S/C19H19N3O3S2/c23-18-16(4-2-1-3-5-17-20-8-9-21-17)27-19(26)22(18)11-13-6-7-14-15(10-13)25-12-24-14/h4,6-10H,1-3,5,11-12H2,(H,20,21)/b16-4-. The lowest BCUT2D eigenvalue weighted by Crippen LogP contribution is -2.27. The normalized spacial score (nSPS) is 17.3. The minimum absolute atomic E-state index is 0.0197. The number of aryl methyl sites for hydroxylation is 1. The van der Waals surface area contributed by atoms with Gasteiger partial charge in [-0.05, 0) is 37.0 Å². The van der Waals surface area contributed by atoms with E-state index in [1.54, 1.807) is 11.1 Å². The fraction of sp³-hybridized carbons (Fsp3) is 0.316. The molecule has 1 aromatic heterocycles. The van der Waals surface area contributed by atoms with Crippen LogP contribution in [0, 0.1) is 0 Å². The first-order valence-corrected chi connectivity index (χ1v) is 10.0. The summed E-state index contributed by atoms with van der Waals surface area (Å²) in [4.78, 5) is 22.4. The number of aromatic amines is 1. The van der Waals surface area contributed by atoms with Gasteiger partial charge in [0.1, 0.15) is 10.1 Å². The van der Waals surface area contributed by atoms with Gasteiger partial charge in [-0.15, -0.1) is 0 Å². The van der Waals surface area contributed by atoms with E-state index in [2.05, 4.69) is 9.97 Å². The van der Waals surface area contributed by atoms with Gasteiger partial charge >= 0.3 is 0 Å². The lowest BCUT2D eigenvalue weighted by molar-refractivity contribution is -0.122. The number of nitrogens with one attached hydrogen (secondary N) is 1. The predicted molar refractivity (Wildman–Crippen MR) is 108 cm³/mol. The van der Waals surface area contributed by atoms with Gasteiger partial charge in [-0.25, -0.2) is 4.98 Å². The summed E-state index contributed by atoms with van der Waals surface area (Å²) in [5.74, 6) is 2.43. The summed E-state index contributed by atoms with van der Waals surface area (Å²) in [7, 11) is 0. The maximum Gasteiger partial charge on any atom is 0.266 e. The van der Waals surface area contributed by atoms with Gasteiger partial charge in [-0.3, -0.25) is 9.69 Å². The average molecular weight is 402 g/mol. The summed E-state index contributed by atoms with van der Waals surface area (Å²) >= 11 is 6.78. The number of benzene rings is 1. The van der Waals surface area contributed by atoms with Crippen molar-refractivity contribution >= 4 is 34.2 Å². The van der Waals surface area contributed by atoms with Crippen molar-refractivity contribution in [2.75, 3.05) is 6.79 Å². The van der Waals surface area contributed by atoms with Crippen molar-refractivity contribution in [3.63, 3.8) is 0 Å². The molecule has 0 saturated carbocycles. The number of unbranched alkanes of at least 4 members (excludes halogenated alkanes) is 2. The average Bonchev–Trinajstić information content (AvgIpc) is 3.39. The Morgan fingerprint density at radius 3 is 3.04 bits per heavy atom. The highest BCUT2D eigenvalue weighted by molar-refractivity contribution is 8.26. The summed E-state index contributed by atoms with van der Waals surface area (Å²) in [6, 6.07) is 5.70. The van der Waals surface area contributed by atoms with Crippen molar-refractivity contribution in [1.29, 1.82) is 0 Å². The quantitative estimate of drug-likeness (QED) is 0.432. The lowest BCUT2D eigenvalue weighted by atomic mass is 10.1. The fourth-order valence-corrected chi connectivity index (χ4v) is 4.26. The van der Waals surface area contributed by atoms with Gasteiger partial charge in [0.25, 0.3) is 5.91 Å². The first-order chi connectivity index (χ1) is 13.2. The van der Waals surface area contributed by atoms with Crippen LogP contribution in [0.15, 0.2) is 41.6 Å². The van der Waals surface area contributed by atoms with Crippen LogP contribution in [0.25, 0.3) is 0 Å². The van der Waals surface area contributed by atoms with Gasteiger partial charge in [0.05, 0.1) is 11.4 Å². The van der Waals surface area contributed by atoms with Crippen LogP contribution in [-0.4, -0.2) is 31.9 Å². The number of aromatic nitrogens is 2. The zero-order chi connectivity index (χ0) is 18.6. The maximum atomic E-state index is 12.7. The molecule has 1 aromatic carbocycles. The van der Waals surface area contributed by atoms with Crippen LogP contribution in [0.4, 0.5) is 0 Å². The molecule has 1 amide bonds. The zero-order valence-electron chi connectivity index (χ0n) is 14.6. The van der Waals surface area contributed by atoms with Crippen LogP contribution in [0.5, 0.6) is 11.5 Å². The highest BCUT2D eigenvalue weighted by Crippen LogP contribution is 2.36. The molecule has 1 N–H and O–H groups in total. The molecule has 140 valence electrons. The number of carbonyl (C=O) groups is 1. The van der Waals surface area contributed by atoms with Crippen molar-refractivity contribution in [2.24, 2.45) is 0 Å². The number of thiocarbonyl (C=S) groups is 1. The number of carbonyl (C=O) groups excluding carboxylic acids is 1. The third-order valence-corrected chi connectivity index (χ3v) is 5.83. The molecular weight excluding hydrogens is 382 g/mol. The second-order valence-corrected chi connectivity index (χ2v) is 7.97. The Balaban J connectivity index is 1.31. The monoisotopic (exact) mass is 401 g/mol. The summed E-state index contributed by atoms with van der Waals surface area (Å²) in [6.07, 6.45) is 9.42. The molecule has 2 aromatic rings. The Bertz CT molecular complexity index is 880. The fourth-order valence-electron chi connectivity index (χ4n) is 3.00. The van der Waals surface area contributed by atoms with Gasteiger partial charge in [0.15, 0.2) is 11.5 Å². The molecule has 1 fully saturated rings. The molecule has 0 unspecified atom stereocenters. The Morgan fingerprint density at radius 2 is 2.19 bits per heavy atom. The first-order valence-electron chi connectivity index (χ1n) is 8.81. The van der Waals surface area contributed by atoms with E-state index >= 15 is 0 Å². The van der Waals surface area contributed by atoms with E-state index in [0.29, 0.717) is 16.6 Å². The Hall–Kier alpha value is -2.32. The van der Waals surface area contributed by atoms with Crippen LogP contribution >= 0.6 is 24.0 Å². The molecule has 0 spiro atoms. The largest absolute Gasteiger partial charge is 0.454 e. The molecule has 0 radical (unpaired) electrons. The molecule has 2 aliphatic rings. The number of amides is 1. The van der Waals surface area contributed by atoms with Gasteiger partial charge in [0, 0.05) is 18.8 Å². The number of allylic oxidation sites excluding steroid dienone is 1. The van der Waals surface area contributed by atoms with E-state index in [9.17, 15) is 4.79 Å². The van der Waals surface area contributed by atoms with E-state index in [0.717, 1.165) is 47.7 Å². The second-order valence-electron chi connectivity index (χ2n) is 6.30. The van der Waals surface area contributed by atoms with E-state index in [4.69, 9.17) is 21.7 Å². The van der Waals surface area contributed by atoms with Crippen LogP contribution in [0.3, 0.4) is 0 Å². The van der Waals surface area contributed by atoms with E-state index in [1.165, 1.54) is 11.8 Å². The first kappa shape index (κ1) is 18.1. The number of ether oxygens (including phenoxy) is 2. The summed E-state index contributed by atoms with van der Waals surface area (Å²) in [5, 5.41) is 0. The van der Waals surface area contributed by atoms with Crippen molar-refractivity contribution in [3.05, 3.63) is 53.0 Å². The van der Waals surface area contributed by atoms with Crippen molar-refractivity contribution in [1.82, 2.24) is 14.9 Å². The van der Waals surface area contributed by atoms with Gasteiger partial charge < -0.3 is 14.5 Å². The third kappa shape index (κ3) is 4.17. The highest BCUT2D eigenvalue weighted by Gasteiger charge is 2.32. The lowest BCUT2D eigenvalue weighted by Gasteiger charge is -2.14. The van der Waals surface area contributed by atoms with Crippen molar-refractivity contribution in [2.45, 2.75) is 32.2 Å². The molecule has 4 rings (SSSR count). The number of hydrogen-bond acceptors (Lipinski definition) is 6. The number of H-pyrrole nitrogens is 1. The Morgan fingerprint density at radius 1 is 1.30 bits per heavy atom. The molecular formula is C19H19N3O3S2. The van der Waals surface area contributed by atoms with Crippen LogP contribution in [-0.2, 0) is 17.8 Å². The zero-order valence-corrected chi connectivity index (χ0v) is 16.3. The minimum Gasteiger partial charge on any atom is -0.454 e. The molecule has 27 heavy (non-hydrogen) atoms. The Kier molecular flexibility index (Phi) is 5.45. The number of fused-ring (bicyclic) bond motifs is 1. The second kappa shape index (κ2) is 8.14. The van der Waals surface area contributed by atoms with Crippen LogP contribution in [0.2, 0.25) is 0 Å². The van der Waals surface area contributed by atoms with E-state index in [-0.39, 0.29) is 12.7 Å². The van der Waals surface area contributed by atoms with Gasteiger partial charge in [-0.2, -0.15) is 0 Å². The summed E-state index contributed by atoms with van der Waals surface area (Å²) < 4.78 is 11.3. The topological polar surface area (TPSA) is 67.5 Å². The molecule has 0 bridgehead atoms. The molecule has 6 nitrogen and oxygen atoms in total. The summed E-state index contributed by atoms with van der Waals surface area (Å²) in [6.45, 7) is 0.680. The number of hydrogen-bond donors (Lipinski definition) is 1. The number of imidazole rings is 1. The minimum atomic E-state index is -0.0197. The SMILES string of the molecule is O=C1/C(=C/CCCCc2ncc[nH]2)SC(=S)N1Cc1ccc2c(c1)OCO2. The maximum absolute atomic E-state index is 12.7. The van der Waals surface area contributed by atoms with Crippen LogP contribution in [0.1, 0.15) is 30.7 Å². The van der Waals surface area contributed by atoms with E-state index in [1.807, 2.05) is 30.5 Å².